The van der Waals surface area contributed by atoms with Gasteiger partial charge >= 0.3 is 5.97 Å². The molecule has 4 heteroatoms. The summed E-state index contributed by atoms with van der Waals surface area (Å²) >= 11 is 0. The van der Waals surface area contributed by atoms with Crippen LogP contribution in [-0.2, 0) is 14.3 Å². The molecule has 0 aromatic carbocycles. The van der Waals surface area contributed by atoms with Crippen molar-refractivity contribution in [3.8, 4) is 0 Å². The number of nitrogens with zero attached hydrogens (tertiary/aromatic N) is 1. The van der Waals surface area contributed by atoms with Crippen molar-refractivity contribution in [2.45, 2.75) is 52.5 Å². The summed E-state index contributed by atoms with van der Waals surface area (Å²) in [6.07, 6.45) is 6.07. The quantitative estimate of drug-likeness (QED) is 0.679. The zero-order valence-electron chi connectivity index (χ0n) is 14.3. The number of ether oxygens (including phenoxy) is 1. The van der Waals surface area contributed by atoms with Gasteiger partial charge in [0.2, 0.25) is 0 Å². The van der Waals surface area contributed by atoms with Gasteiger partial charge in [-0.25, -0.2) is 0 Å². The number of hydrogen-bond donors (Lipinski definition) is 0. The third-order valence-corrected chi connectivity index (χ3v) is 4.87. The Morgan fingerprint density at radius 3 is 2.68 bits per heavy atom. The van der Waals surface area contributed by atoms with Crippen LogP contribution in [0.1, 0.15) is 46.5 Å². The number of methoxy groups -OCH3 is 1. The van der Waals surface area contributed by atoms with E-state index in [1.807, 2.05) is 0 Å². The summed E-state index contributed by atoms with van der Waals surface area (Å²) < 4.78 is 4.97. The highest BCUT2D eigenvalue weighted by Crippen LogP contribution is 2.37. The van der Waals surface area contributed by atoms with Gasteiger partial charge in [0.15, 0.2) is 5.78 Å². The first kappa shape index (κ1) is 17.2. The monoisotopic (exact) mass is 307 g/mol. The summed E-state index contributed by atoms with van der Waals surface area (Å²) in [5.41, 5.74) is 1.02. The van der Waals surface area contributed by atoms with Crippen LogP contribution >= 0.6 is 0 Å². The molecule has 1 aliphatic carbocycles. The Hall–Kier alpha value is -1.16. The molecule has 1 fully saturated rings. The lowest BCUT2D eigenvalue weighted by Crippen LogP contribution is -2.42. The molecule has 2 aliphatic rings. The van der Waals surface area contributed by atoms with Crippen molar-refractivity contribution in [3.63, 3.8) is 0 Å². The van der Waals surface area contributed by atoms with Crippen LogP contribution in [0.5, 0.6) is 0 Å². The Bertz CT molecular complexity index is 455. The molecule has 1 saturated heterocycles. The van der Waals surface area contributed by atoms with Crippen molar-refractivity contribution >= 4 is 11.8 Å². The standard InChI is InChI=1S/C18H29NO3/c1-5-6-7-13-9-14-10-19(11-15(14)17(13)20)16(8-12(2)3)18(21)22-4/h9,12,14-16H,5-8,10-11H2,1-4H3/t14?,15?,16-/m0/s1. The molecule has 2 unspecified atom stereocenters. The Morgan fingerprint density at radius 1 is 1.41 bits per heavy atom. The number of esters is 1. The van der Waals surface area contributed by atoms with Crippen LogP contribution in [0.4, 0.5) is 0 Å². The lowest BCUT2D eigenvalue weighted by Gasteiger charge is -2.27. The molecule has 0 saturated carbocycles. The molecule has 124 valence electrons. The number of carbonyl (C=O) groups excluding carboxylic acids is 2. The van der Waals surface area contributed by atoms with E-state index in [9.17, 15) is 9.59 Å². The molecule has 2 rings (SSSR count). The van der Waals surface area contributed by atoms with Crippen LogP contribution in [0.15, 0.2) is 11.6 Å². The van der Waals surface area contributed by atoms with E-state index in [1.54, 1.807) is 0 Å². The first-order valence-corrected chi connectivity index (χ1v) is 8.54. The highest BCUT2D eigenvalue weighted by atomic mass is 16.5. The first-order valence-electron chi connectivity index (χ1n) is 8.54. The molecule has 0 radical (unpaired) electrons. The molecule has 3 atom stereocenters. The van der Waals surface area contributed by atoms with E-state index in [0.29, 0.717) is 24.2 Å². The number of unbranched alkanes of at least 4 members (excludes halogenated alkanes) is 1. The first-order chi connectivity index (χ1) is 10.5. The molecule has 0 aromatic heterocycles. The van der Waals surface area contributed by atoms with Gasteiger partial charge in [-0.15, -0.1) is 0 Å². The molecule has 0 N–H and O–H groups in total. The minimum Gasteiger partial charge on any atom is -0.468 e. The molecular formula is C18H29NO3. The van der Waals surface area contributed by atoms with E-state index >= 15 is 0 Å². The number of Topliss-reactive ketones (excluding diaryl/α,β-unsaturated/α-hetero) is 1. The number of likely N-dealkylation sites (tertiary alicyclic amines) is 1. The van der Waals surface area contributed by atoms with E-state index < -0.39 is 0 Å². The summed E-state index contributed by atoms with van der Waals surface area (Å²) in [6, 6.07) is -0.212. The number of ketones is 1. The van der Waals surface area contributed by atoms with Crippen LogP contribution < -0.4 is 0 Å². The van der Waals surface area contributed by atoms with Crippen molar-refractivity contribution in [1.82, 2.24) is 4.90 Å². The van der Waals surface area contributed by atoms with Crippen molar-refractivity contribution in [2.24, 2.45) is 17.8 Å². The third-order valence-electron chi connectivity index (χ3n) is 4.87. The molecular weight excluding hydrogens is 278 g/mol. The smallest absolute Gasteiger partial charge is 0.323 e. The van der Waals surface area contributed by atoms with Gasteiger partial charge in [-0.05, 0) is 30.8 Å². The van der Waals surface area contributed by atoms with E-state index in [2.05, 4.69) is 31.7 Å². The van der Waals surface area contributed by atoms with Crippen molar-refractivity contribution in [2.75, 3.05) is 20.2 Å². The second kappa shape index (κ2) is 7.40. The zero-order valence-corrected chi connectivity index (χ0v) is 14.3. The predicted octanol–water partition coefficient (Wildman–Crippen LogP) is 2.82. The van der Waals surface area contributed by atoms with Crippen LogP contribution in [0.2, 0.25) is 0 Å². The fourth-order valence-corrected chi connectivity index (χ4v) is 3.69. The summed E-state index contributed by atoms with van der Waals surface area (Å²) in [4.78, 5) is 26.7. The van der Waals surface area contributed by atoms with Gasteiger partial charge in [-0.1, -0.05) is 33.3 Å². The Morgan fingerprint density at radius 2 is 2.14 bits per heavy atom. The maximum Gasteiger partial charge on any atom is 0.323 e. The van der Waals surface area contributed by atoms with Gasteiger partial charge < -0.3 is 4.74 Å². The van der Waals surface area contributed by atoms with Crippen LogP contribution in [-0.4, -0.2) is 42.9 Å². The highest BCUT2D eigenvalue weighted by Gasteiger charge is 2.45. The molecule has 4 nitrogen and oxygen atoms in total. The van der Waals surface area contributed by atoms with Gasteiger partial charge in [-0.2, -0.15) is 0 Å². The van der Waals surface area contributed by atoms with Crippen molar-refractivity contribution in [1.29, 1.82) is 0 Å². The SMILES string of the molecule is CCCCC1=CC2CN([C@@H](CC(C)C)C(=O)OC)CC2C1=O. The summed E-state index contributed by atoms with van der Waals surface area (Å²) in [6.45, 7) is 7.87. The van der Waals surface area contributed by atoms with Crippen LogP contribution in [0.25, 0.3) is 0 Å². The fraction of sp³-hybridized carbons (Fsp3) is 0.778. The van der Waals surface area contributed by atoms with Crippen LogP contribution in [0, 0.1) is 17.8 Å². The Labute approximate surface area is 133 Å². The lowest BCUT2D eigenvalue weighted by atomic mass is 9.97. The van der Waals surface area contributed by atoms with Crippen LogP contribution in [0.3, 0.4) is 0 Å². The molecule has 0 spiro atoms. The van der Waals surface area contributed by atoms with E-state index in [4.69, 9.17) is 4.74 Å². The van der Waals surface area contributed by atoms with Gasteiger partial charge in [0.05, 0.1) is 7.11 Å². The average molecular weight is 307 g/mol. The topological polar surface area (TPSA) is 46.6 Å². The van der Waals surface area contributed by atoms with E-state index in [-0.39, 0.29) is 17.9 Å². The summed E-state index contributed by atoms with van der Waals surface area (Å²) in [5, 5.41) is 0. The number of hydrogen-bond acceptors (Lipinski definition) is 4. The van der Waals surface area contributed by atoms with Gasteiger partial charge in [-0.3, -0.25) is 14.5 Å². The largest absolute Gasteiger partial charge is 0.468 e. The molecule has 22 heavy (non-hydrogen) atoms. The second-order valence-corrected chi connectivity index (χ2v) is 7.05. The minimum atomic E-state index is -0.212. The zero-order chi connectivity index (χ0) is 16.3. The van der Waals surface area contributed by atoms with Gasteiger partial charge in [0.25, 0.3) is 0 Å². The molecule has 0 amide bonds. The van der Waals surface area contributed by atoms with Gasteiger partial charge in [0, 0.05) is 24.9 Å². The van der Waals surface area contributed by atoms with Gasteiger partial charge in [0.1, 0.15) is 6.04 Å². The predicted molar refractivity (Wildman–Crippen MR) is 86.4 cm³/mol. The second-order valence-electron chi connectivity index (χ2n) is 7.05. The summed E-state index contributed by atoms with van der Waals surface area (Å²) in [7, 11) is 1.44. The van der Waals surface area contributed by atoms with Crippen molar-refractivity contribution in [3.05, 3.63) is 11.6 Å². The third kappa shape index (κ3) is 3.60. The number of carbonyl (C=O) groups is 2. The van der Waals surface area contributed by atoms with E-state index in [0.717, 1.165) is 37.8 Å². The molecule has 1 aliphatic heterocycles. The number of rotatable bonds is 7. The fourth-order valence-electron chi connectivity index (χ4n) is 3.69. The molecule has 0 aromatic rings. The Balaban J connectivity index is 2.04. The molecule has 0 bridgehead atoms. The normalized spacial score (nSPS) is 26.2. The maximum atomic E-state index is 12.5. The highest BCUT2D eigenvalue weighted by molar-refractivity contribution is 6.00. The number of allylic oxidation sites excluding steroid dienone is 1. The number of fused-ring (bicyclic) bond motifs is 1. The Kier molecular flexibility index (Phi) is 5.79. The minimum absolute atomic E-state index is 0.0613. The average Bonchev–Trinajstić information content (AvgIpc) is 3.01. The maximum absolute atomic E-state index is 12.5. The molecule has 1 heterocycles. The van der Waals surface area contributed by atoms with E-state index in [1.165, 1.54) is 7.11 Å². The lowest BCUT2D eigenvalue weighted by molar-refractivity contribution is -0.147. The van der Waals surface area contributed by atoms with Crippen molar-refractivity contribution < 1.29 is 14.3 Å². The summed E-state index contributed by atoms with van der Waals surface area (Å²) in [5.74, 6) is 0.922.